The van der Waals surface area contributed by atoms with E-state index in [4.69, 9.17) is 10.2 Å². The molecule has 0 spiro atoms. The molecule has 1 heterocycles. The molecule has 0 bridgehead atoms. The zero-order valence-corrected chi connectivity index (χ0v) is 11.9. The molecule has 1 atom stereocenters. The number of hydrogen-bond acceptors (Lipinski definition) is 3. The van der Waals surface area contributed by atoms with Gasteiger partial charge in [0.25, 0.3) is 0 Å². The Kier molecular flexibility index (Phi) is 4.31. The molecule has 1 aromatic heterocycles. The van der Waals surface area contributed by atoms with Crippen molar-refractivity contribution in [2.24, 2.45) is 5.73 Å². The molecule has 2 N–H and O–H groups in total. The molecule has 4 heteroatoms. The van der Waals surface area contributed by atoms with Crippen LogP contribution in [0.25, 0.3) is 0 Å². The topological polar surface area (TPSA) is 39.2 Å². The molecule has 0 saturated carbocycles. The largest absolute Gasteiger partial charge is 0.466 e. The van der Waals surface area contributed by atoms with Gasteiger partial charge in [-0.2, -0.15) is 0 Å². The molecular formula is C13H14BrNOS. The lowest BCUT2D eigenvalue weighted by Gasteiger charge is -2.10. The Hall–Kier alpha value is -0.710. The maximum absolute atomic E-state index is 6.16. The molecule has 1 aromatic carbocycles. The van der Waals surface area contributed by atoms with Crippen LogP contribution in [0.4, 0.5) is 0 Å². The number of thioether (sulfide) groups is 1. The van der Waals surface area contributed by atoms with Crippen LogP contribution in [0, 0.1) is 0 Å². The zero-order chi connectivity index (χ0) is 12.3. The van der Waals surface area contributed by atoms with Crippen LogP contribution in [0.15, 0.2) is 50.4 Å². The van der Waals surface area contributed by atoms with Crippen LogP contribution < -0.4 is 5.73 Å². The van der Waals surface area contributed by atoms with E-state index in [0.717, 1.165) is 21.5 Å². The molecule has 2 rings (SSSR count). The molecule has 0 amide bonds. The van der Waals surface area contributed by atoms with Gasteiger partial charge in [-0.05, 0) is 45.4 Å². The van der Waals surface area contributed by atoms with Gasteiger partial charge in [0.05, 0.1) is 16.8 Å². The second-order valence-electron chi connectivity index (χ2n) is 3.61. The fourth-order valence-electron chi connectivity index (χ4n) is 1.62. The van der Waals surface area contributed by atoms with Crippen LogP contribution in [0.3, 0.4) is 0 Å². The standard InChI is InChI=1S/C13H14BrNOS/c1-2-17-10-5-3-9(4-6-10)12(15)13-11(14)7-8-16-13/h3-8,12H,2,15H2,1H3. The first-order valence-electron chi connectivity index (χ1n) is 5.43. The minimum absolute atomic E-state index is 0.222. The predicted molar refractivity (Wildman–Crippen MR) is 75.3 cm³/mol. The summed E-state index contributed by atoms with van der Waals surface area (Å²) in [5.41, 5.74) is 7.21. The van der Waals surface area contributed by atoms with Gasteiger partial charge in [-0.1, -0.05) is 19.1 Å². The van der Waals surface area contributed by atoms with Gasteiger partial charge >= 0.3 is 0 Å². The van der Waals surface area contributed by atoms with Gasteiger partial charge in [-0.15, -0.1) is 11.8 Å². The Labute approximate surface area is 114 Å². The zero-order valence-electron chi connectivity index (χ0n) is 9.52. The molecule has 2 nitrogen and oxygen atoms in total. The van der Waals surface area contributed by atoms with Crippen molar-refractivity contribution >= 4 is 27.7 Å². The van der Waals surface area contributed by atoms with E-state index in [1.165, 1.54) is 4.90 Å². The highest BCUT2D eigenvalue weighted by Crippen LogP contribution is 2.28. The molecule has 0 saturated heterocycles. The number of nitrogens with two attached hydrogens (primary N) is 1. The summed E-state index contributed by atoms with van der Waals surface area (Å²) in [7, 11) is 0. The Morgan fingerprint density at radius 3 is 2.53 bits per heavy atom. The van der Waals surface area contributed by atoms with Crippen molar-refractivity contribution in [3.63, 3.8) is 0 Å². The third kappa shape index (κ3) is 2.94. The average Bonchev–Trinajstić information content (AvgIpc) is 2.76. The third-order valence-corrected chi connectivity index (χ3v) is 4.03. The highest BCUT2D eigenvalue weighted by Gasteiger charge is 2.15. The predicted octanol–water partition coefficient (Wildman–Crippen LogP) is 4.20. The van der Waals surface area contributed by atoms with Gasteiger partial charge in [0.2, 0.25) is 0 Å². The van der Waals surface area contributed by atoms with Crippen molar-refractivity contribution in [2.75, 3.05) is 5.75 Å². The summed E-state index contributed by atoms with van der Waals surface area (Å²) < 4.78 is 6.30. The fraction of sp³-hybridized carbons (Fsp3) is 0.231. The van der Waals surface area contributed by atoms with Gasteiger partial charge in [0.1, 0.15) is 5.76 Å². The number of rotatable bonds is 4. The van der Waals surface area contributed by atoms with E-state index in [1.54, 1.807) is 6.26 Å². The van der Waals surface area contributed by atoms with Crippen molar-refractivity contribution in [3.05, 3.63) is 52.4 Å². The van der Waals surface area contributed by atoms with E-state index in [9.17, 15) is 0 Å². The molecule has 0 fully saturated rings. The van der Waals surface area contributed by atoms with Gasteiger partial charge in [-0.25, -0.2) is 0 Å². The first kappa shape index (κ1) is 12.7. The summed E-state index contributed by atoms with van der Waals surface area (Å²) in [5.74, 6) is 1.84. The lowest BCUT2D eigenvalue weighted by Crippen LogP contribution is -2.11. The average molecular weight is 312 g/mol. The van der Waals surface area contributed by atoms with E-state index in [1.807, 2.05) is 17.8 Å². The van der Waals surface area contributed by atoms with Gasteiger partial charge in [-0.3, -0.25) is 0 Å². The number of halogens is 1. The molecule has 0 radical (unpaired) electrons. The van der Waals surface area contributed by atoms with Crippen LogP contribution in [-0.4, -0.2) is 5.75 Å². The fourth-order valence-corrected chi connectivity index (χ4v) is 2.73. The second-order valence-corrected chi connectivity index (χ2v) is 5.80. The van der Waals surface area contributed by atoms with Crippen LogP contribution in [0.5, 0.6) is 0 Å². The summed E-state index contributed by atoms with van der Waals surface area (Å²) in [6.07, 6.45) is 1.64. The van der Waals surface area contributed by atoms with Crippen molar-refractivity contribution in [3.8, 4) is 0 Å². The maximum Gasteiger partial charge on any atom is 0.139 e. The summed E-state index contributed by atoms with van der Waals surface area (Å²) in [5, 5.41) is 0. The first-order chi connectivity index (χ1) is 8.22. The van der Waals surface area contributed by atoms with Crippen molar-refractivity contribution in [2.45, 2.75) is 17.9 Å². The van der Waals surface area contributed by atoms with E-state index in [2.05, 4.69) is 47.1 Å². The Morgan fingerprint density at radius 2 is 2.00 bits per heavy atom. The summed E-state index contributed by atoms with van der Waals surface area (Å²) in [6.45, 7) is 2.14. The quantitative estimate of drug-likeness (QED) is 0.860. The van der Waals surface area contributed by atoms with Crippen molar-refractivity contribution < 1.29 is 4.42 Å². The molecule has 0 aliphatic carbocycles. The number of hydrogen-bond donors (Lipinski definition) is 1. The smallest absolute Gasteiger partial charge is 0.139 e. The normalized spacial score (nSPS) is 12.6. The van der Waals surface area contributed by atoms with Crippen LogP contribution in [0.2, 0.25) is 0 Å². The molecule has 17 heavy (non-hydrogen) atoms. The molecule has 1 unspecified atom stereocenters. The monoisotopic (exact) mass is 311 g/mol. The Bertz CT molecular complexity index is 480. The summed E-state index contributed by atoms with van der Waals surface area (Å²) >= 11 is 5.25. The van der Waals surface area contributed by atoms with E-state index < -0.39 is 0 Å². The van der Waals surface area contributed by atoms with Gasteiger partial charge < -0.3 is 10.2 Å². The summed E-state index contributed by atoms with van der Waals surface area (Å²) in [4.78, 5) is 1.27. The minimum atomic E-state index is -0.222. The summed E-state index contributed by atoms with van der Waals surface area (Å²) in [6, 6.07) is 9.94. The van der Waals surface area contributed by atoms with Crippen LogP contribution in [-0.2, 0) is 0 Å². The van der Waals surface area contributed by atoms with Crippen LogP contribution in [0.1, 0.15) is 24.3 Å². The number of furan rings is 1. The highest BCUT2D eigenvalue weighted by molar-refractivity contribution is 9.10. The SMILES string of the molecule is CCSc1ccc(C(N)c2occc2Br)cc1. The van der Waals surface area contributed by atoms with E-state index in [-0.39, 0.29) is 6.04 Å². The lowest BCUT2D eigenvalue weighted by atomic mass is 10.1. The second kappa shape index (κ2) is 5.76. The lowest BCUT2D eigenvalue weighted by molar-refractivity contribution is 0.487. The van der Waals surface area contributed by atoms with Crippen LogP contribution >= 0.6 is 27.7 Å². The number of benzene rings is 1. The molecular weight excluding hydrogens is 298 g/mol. The Balaban J connectivity index is 2.20. The van der Waals surface area contributed by atoms with E-state index >= 15 is 0 Å². The van der Waals surface area contributed by atoms with Gasteiger partial charge in [0, 0.05) is 4.90 Å². The molecule has 0 aliphatic rings. The Morgan fingerprint density at radius 1 is 1.29 bits per heavy atom. The third-order valence-electron chi connectivity index (χ3n) is 2.48. The molecule has 90 valence electrons. The maximum atomic E-state index is 6.16. The molecule has 2 aromatic rings. The first-order valence-corrected chi connectivity index (χ1v) is 7.21. The minimum Gasteiger partial charge on any atom is -0.466 e. The van der Waals surface area contributed by atoms with Crippen molar-refractivity contribution in [1.29, 1.82) is 0 Å². The van der Waals surface area contributed by atoms with E-state index in [0.29, 0.717) is 0 Å². The van der Waals surface area contributed by atoms with Crippen molar-refractivity contribution in [1.82, 2.24) is 0 Å². The highest BCUT2D eigenvalue weighted by atomic mass is 79.9. The molecule has 0 aliphatic heterocycles. The van der Waals surface area contributed by atoms with Gasteiger partial charge in [0.15, 0.2) is 0 Å².